The molecule has 2 N–H and O–H groups in total. The third-order valence-electron chi connectivity index (χ3n) is 6.71. The Balaban J connectivity index is 1.67. The van der Waals surface area contributed by atoms with E-state index in [0.29, 0.717) is 41.4 Å². The van der Waals surface area contributed by atoms with Crippen molar-refractivity contribution in [2.75, 3.05) is 25.2 Å². The van der Waals surface area contributed by atoms with Crippen LogP contribution in [0.1, 0.15) is 43.9 Å². The molecule has 1 aromatic heterocycles. The van der Waals surface area contributed by atoms with Crippen molar-refractivity contribution in [3.63, 3.8) is 0 Å². The first kappa shape index (κ1) is 28.0. The first-order valence-electron chi connectivity index (χ1n) is 13.3. The lowest BCUT2D eigenvalue weighted by atomic mass is 9.95. The topological polar surface area (TPSA) is 118 Å². The van der Waals surface area contributed by atoms with Crippen LogP contribution >= 0.6 is 11.3 Å². The largest absolute Gasteiger partial charge is 0.507 e. The van der Waals surface area contributed by atoms with E-state index in [1.165, 1.54) is 22.3 Å². The zero-order chi connectivity index (χ0) is 29.1. The van der Waals surface area contributed by atoms with Crippen molar-refractivity contribution >= 4 is 44.1 Å². The number of benzene rings is 3. The molecule has 1 saturated heterocycles. The van der Waals surface area contributed by atoms with Crippen molar-refractivity contribution < 1.29 is 34.0 Å². The Kier molecular flexibility index (Phi) is 8.11. The average Bonchev–Trinajstić information content (AvgIpc) is 3.51. The smallest absolute Gasteiger partial charge is 0.301 e. The summed E-state index contributed by atoms with van der Waals surface area (Å²) in [6.45, 7) is 4.65. The van der Waals surface area contributed by atoms with Gasteiger partial charge in [0.15, 0.2) is 16.6 Å². The number of aliphatic hydroxyl groups excluding tert-OH is 1. The number of unbranched alkanes of at least 4 members (excludes halogenated alkanes) is 1. The van der Waals surface area contributed by atoms with E-state index in [1.807, 2.05) is 0 Å². The van der Waals surface area contributed by atoms with Gasteiger partial charge in [0, 0.05) is 5.56 Å². The summed E-state index contributed by atoms with van der Waals surface area (Å²) in [5, 5.41) is 22.2. The van der Waals surface area contributed by atoms with Crippen LogP contribution < -0.4 is 19.1 Å². The summed E-state index contributed by atoms with van der Waals surface area (Å²) in [5.74, 6) is -0.751. The molecule has 5 rings (SSSR count). The molecule has 10 heteroatoms. The number of anilines is 1. The molecule has 9 nitrogen and oxygen atoms in total. The number of fused-ring (bicyclic) bond motifs is 1. The zero-order valence-electron chi connectivity index (χ0n) is 22.9. The van der Waals surface area contributed by atoms with Gasteiger partial charge in [-0.3, -0.25) is 14.5 Å². The maximum absolute atomic E-state index is 13.6. The van der Waals surface area contributed by atoms with Crippen LogP contribution in [0.5, 0.6) is 23.0 Å². The number of carbonyl (C=O) groups excluding carboxylic acids is 2. The highest BCUT2D eigenvalue weighted by Crippen LogP contribution is 2.46. The van der Waals surface area contributed by atoms with E-state index >= 15 is 0 Å². The Morgan fingerprint density at radius 2 is 1.85 bits per heavy atom. The maximum atomic E-state index is 13.6. The molecule has 0 saturated carbocycles. The second-order valence-electron chi connectivity index (χ2n) is 9.39. The van der Waals surface area contributed by atoms with E-state index < -0.39 is 17.7 Å². The Morgan fingerprint density at radius 1 is 1.02 bits per heavy atom. The summed E-state index contributed by atoms with van der Waals surface area (Å²) in [6.07, 6.45) is 1.84. The summed E-state index contributed by atoms with van der Waals surface area (Å²) in [5.41, 5.74) is 1.31. The highest BCUT2D eigenvalue weighted by atomic mass is 32.1. The molecule has 41 heavy (non-hydrogen) atoms. The lowest BCUT2D eigenvalue weighted by Crippen LogP contribution is -2.29. The van der Waals surface area contributed by atoms with Gasteiger partial charge in [-0.1, -0.05) is 42.9 Å². The first-order chi connectivity index (χ1) is 19.9. The number of ketones is 1. The maximum Gasteiger partial charge on any atom is 0.301 e. The number of methoxy groups -OCH3 is 1. The van der Waals surface area contributed by atoms with Crippen molar-refractivity contribution in [2.24, 2.45) is 0 Å². The Labute approximate surface area is 241 Å². The minimum atomic E-state index is -1.04. The minimum absolute atomic E-state index is 0.0865. The Morgan fingerprint density at radius 3 is 2.61 bits per heavy atom. The van der Waals surface area contributed by atoms with E-state index in [4.69, 9.17) is 14.2 Å². The predicted octanol–water partition coefficient (Wildman–Crippen LogP) is 6.21. The predicted molar refractivity (Wildman–Crippen MR) is 157 cm³/mol. The molecule has 4 aromatic rings. The number of aromatic nitrogens is 1. The zero-order valence-corrected chi connectivity index (χ0v) is 23.7. The van der Waals surface area contributed by atoms with E-state index in [2.05, 4.69) is 11.9 Å². The molecule has 0 spiro atoms. The average molecular weight is 575 g/mol. The lowest BCUT2D eigenvalue weighted by molar-refractivity contribution is -0.132. The number of amides is 1. The fourth-order valence-corrected chi connectivity index (χ4v) is 5.68. The van der Waals surface area contributed by atoms with E-state index in [-0.39, 0.29) is 28.0 Å². The van der Waals surface area contributed by atoms with Gasteiger partial charge in [-0.05, 0) is 61.4 Å². The molecule has 0 aliphatic carbocycles. The number of rotatable bonds is 10. The van der Waals surface area contributed by atoms with Crippen molar-refractivity contribution in [3.05, 3.63) is 77.4 Å². The van der Waals surface area contributed by atoms with E-state index in [9.17, 15) is 19.8 Å². The van der Waals surface area contributed by atoms with Crippen LogP contribution in [0.4, 0.5) is 5.13 Å². The second kappa shape index (κ2) is 11.9. The molecular weight excluding hydrogens is 544 g/mol. The molecule has 1 aliphatic heterocycles. The fourth-order valence-electron chi connectivity index (χ4n) is 4.66. The van der Waals surface area contributed by atoms with Gasteiger partial charge in [-0.15, -0.1) is 0 Å². The van der Waals surface area contributed by atoms with Gasteiger partial charge in [0.05, 0.1) is 42.2 Å². The molecule has 1 unspecified atom stereocenters. The number of phenolic OH excluding ortho intramolecular Hbond substituents is 1. The van der Waals surface area contributed by atoms with Gasteiger partial charge >= 0.3 is 5.91 Å². The number of Topliss-reactive ketones (excluding diaryl/α,β-unsaturated/α-hetero) is 1. The molecular formula is C31H30N2O7S. The van der Waals surface area contributed by atoms with Crippen LogP contribution in [0.25, 0.3) is 16.0 Å². The second-order valence-corrected chi connectivity index (χ2v) is 10.4. The molecule has 0 radical (unpaired) electrons. The molecule has 2 heterocycles. The summed E-state index contributed by atoms with van der Waals surface area (Å²) >= 11 is 1.23. The van der Waals surface area contributed by atoms with Gasteiger partial charge in [-0.2, -0.15) is 0 Å². The van der Waals surface area contributed by atoms with Crippen molar-refractivity contribution in [3.8, 4) is 23.0 Å². The molecule has 0 bridgehead atoms. The van der Waals surface area contributed by atoms with Crippen LogP contribution in [0.2, 0.25) is 0 Å². The normalized spacial score (nSPS) is 16.4. The number of aromatic hydroxyl groups is 1. The quantitative estimate of drug-likeness (QED) is 0.0993. The summed E-state index contributed by atoms with van der Waals surface area (Å²) in [4.78, 5) is 33.2. The monoisotopic (exact) mass is 574 g/mol. The molecule has 1 aliphatic rings. The third-order valence-corrected chi connectivity index (χ3v) is 7.73. The number of aliphatic hydroxyl groups is 1. The van der Waals surface area contributed by atoms with Gasteiger partial charge in [0.25, 0.3) is 5.78 Å². The van der Waals surface area contributed by atoms with Crippen LogP contribution in [-0.4, -0.2) is 47.2 Å². The van der Waals surface area contributed by atoms with Crippen LogP contribution in [0.3, 0.4) is 0 Å². The van der Waals surface area contributed by atoms with Gasteiger partial charge < -0.3 is 24.4 Å². The van der Waals surface area contributed by atoms with Crippen LogP contribution in [0.15, 0.2) is 66.2 Å². The lowest BCUT2D eigenvalue weighted by Gasteiger charge is -2.23. The summed E-state index contributed by atoms with van der Waals surface area (Å²) in [6, 6.07) is 15.7. The molecule has 1 fully saturated rings. The molecule has 3 aromatic carbocycles. The molecule has 212 valence electrons. The van der Waals surface area contributed by atoms with Gasteiger partial charge in [0.1, 0.15) is 17.3 Å². The highest BCUT2D eigenvalue weighted by Gasteiger charge is 2.48. The first-order valence-corrected chi connectivity index (χ1v) is 14.1. The Bertz CT molecular complexity index is 1640. The number of nitrogens with zero attached hydrogens (tertiary/aromatic N) is 2. The number of thiazole rings is 1. The van der Waals surface area contributed by atoms with Crippen molar-refractivity contribution in [1.29, 1.82) is 0 Å². The number of ether oxygens (including phenoxy) is 3. The summed E-state index contributed by atoms with van der Waals surface area (Å²) < 4.78 is 17.5. The standard InChI is InChI=1S/C31H30N2O7S/c1-4-6-14-40-21-9-7-8-19(15-21)28(35)26-27(18-10-13-23(34)24(16-18)39-5-2)33(30(37)29(26)36)31-32-22-12-11-20(38-3)17-25(22)41-31/h7-13,15-17,27,34-35H,4-6,14H2,1-3H3. The van der Waals surface area contributed by atoms with Crippen LogP contribution in [0, 0.1) is 0 Å². The summed E-state index contributed by atoms with van der Waals surface area (Å²) in [7, 11) is 1.56. The highest BCUT2D eigenvalue weighted by molar-refractivity contribution is 7.22. The van der Waals surface area contributed by atoms with Crippen LogP contribution in [-0.2, 0) is 9.59 Å². The molecule has 1 amide bonds. The van der Waals surface area contributed by atoms with E-state index in [1.54, 1.807) is 68.6 Å². The van der Waals surface area contributed by atoms with Gasteiger partial charge in [-0.25, -0.2) is 4.98 Å². The number of carbonyl (C=O) groups is 2. The SMILES string of the molecule is CCCCOc1cccc(C(O)=C2C(=O)C(=O)N(c3nc4ccc(OC)cc4s3)C2c2ccc(O)c(OCC)c2)c1. The van der Waals surface area contributed by atoms with E-state index in [0.717, 1.165) is 17.5 Å². The van der Waals surface area contributed by atoms with Crippen molar-refractivity contribution in [1.82, 2.24) is 4.98 Å². The van der Waals surface area contributed by atoms with Crippen molar-refractivity contribution in [2.45, 2.75) is 32.7 Å². The number of hydrogen-bond donors (Lipinski definition) is 2. The number of phenols is 1. The third kappa shape index (κ3) is 5.43. The molecule has 1 atom stereocenters. The van der Waals surface area contributed by atoms with Gasteiger partial charge in [0.2, 0.25) is 0 Å². The number of hydrogen-bond acceptors (Lipinski definition) is 9. The fraction of sp³-hybridized carbons (Fsp3) is 0.258. The Hall–Kier alpha value is -4.57. The minimum Gasteiger partial charge on any atom is -0.507 e.